The minimum Gasteiger partial charge on any atom is -0.298 e. The molecule has 2 aromatic carbocycles. The molecule has 0 atom stereocenters. The van der Waals surface area contributed by atoms with E-state index in [1.54, 1.807) is 35.2 Å². The molecule has 17 heavy (non-hydrogen) atoms. The van der Waals surface area contributed by atoms with Crippen LogP contribution in [0.1, 0.15) is 10.4 Å². The van der Waals surface area contributed by atoms with Crippen LogP contribution in [0.4, 0.5) is 0 Å². The van der Waals surface area contributed by atoms with Crippen LogP contribution in [0.25, 0.3) is 10.8 Å². The Hall–Kier alpha value is -1.76. The van der Waals surface area contributed by atoms with E-state index in [1.807, 2.05) is 0 Å². The summed E-state index contributed by atoms with van der Waals surface area (Å²) in [5, 5.41) is 1.20. The predicted molar refractivity (Wildman–Crippen MR) is 63.8 cm³/mol. The summed E-state index contributed by atoms with van der Waals surface area (Å²) in [6, 6.07) is 10.0. The van der Waals surface area contributed by atoms with Crippen molar-refractivity contribution in [1.82, 2.24) is 4.83 Å². The van der Waals surface area contributed by atoms with Crippen LogP contribution in [-0.2, 0) is 10.0 Å². The van der Waals surface area contributed by atoms with E-state index in [0.29, 0.717) is 11.7 Å². The van der Waals surface area contributed by atoms with Crippen LogP contribution >= 0.6 is 0 Å². The maximum Gasteiger partial charge on any atom is 0.254 e. The van der Waals surface area contributed by atoms with Gasteiger partial charge in [0.25, 0.3) is 10.0 Å². The van der Waals surface area contributed by atoms with Crippen LogP contribution < -0.4 is 10.7 Å². The summed E-state index contributed by atoms with van der Waals surface area (Å²) in [7, 11) is -3.87. The number of hydrogen-bond acceptors (Lipinski definition) is 4. The molecule has 0 saturated heterocycles. The summed E-state index contributed by atoms with van der Waals surface area (Å²) in [6.07, 6.45) is 0.497. The number of hydrazine groups is 1. The number of carbonyl (C=O) groups excluding carboxylic acids is 1. The highest BCUT2D eigenvalue weighted by Gasteiger charge is 2.19. The lowest BCUT2D eigenvalue weighted by atomic mass is 10.1. The Bertz CT molecular complexity index is 680. The van der Waals surface area contributed by atoms with Gasteiger partial charge in [0, 0.05) is 10.9 Å². The molecule has 0 aliphatic rings. The van der Waals surface area contributed by atoms with Gasteiger partial charge in [0.15, 0.2) is 6.29 Å². The summed E-state index contributed by atoms with van der Waals surface area (Å²) in [5.74, 6) is 5.00. The molecule has 0 aromatic heterocycles. The first-order valence-corrected chi connectivity index (χ1v) is 6.28. The molecule has 0 aliphatic heterocycles. The highest BCUT2D eigenvalue weighted by molar-refractivity contribution is 7.89. The molecule has 2 aromatic rings. The molecule has 0 aliphatic carbocycles. The number of benzene rings is 2. The Balaban J connectivity index is 2.96. The van der Waals surface area contributed by atoms with Crippen molar-refractivity contribution in [2.45, 2.75) is 4.90 Å². The number of carbonyl (C=O) groups is 1. The van der Waals surface area contributed by atoms with Crippen LogP contribution in [-0.4, -0.2) is 14.7 Å². The van der Waals surface area contributed by atoms with E-state index in [4.69, 9.17) is 5.84 Å². The standard InChI is InChI=1S/C11H10N2O3S/c12-13-17(15,16)11-9(7-14)6-5-8-3-1-2-4-10(8)11/h1-7,13H,12H2. The number of aldehydes is 1. The van der Waals surface area contributed by atoms with Crippen molar-refractivity contribution < 1.29 is 13.2 Å². The lowest BCUT2D eigenvalue weighted by Crippen LogP contribution is -2.31. The molecule has 0 heterocycles. The summed E-state index contributed by atoms with van der Waals surface area (Å²) >= 11 is 0. The number of rotatable bonds is 3. The van der Waals surface area contributed by atoms with E-state index >= 15 is 0 Å². The molecule has 5 nitrogen and oxygen atoms in total. The summed E-state index contributed by atoms with van der Waals surface area (Å²) < 4.78 is 23.6. The summed E-state index contributed by atoms with van der Waals surface area (Å²) in [4.78, 5) is 12.5. The van der Waals surface area contributed by atoms with Crippen molar-refractivity contribution >= 4 is 27.1 Å². The Morgan fingerprint density at radius 3 is 2.47 bits per heavy atom. The van der Waals surface area contributed by atoms with E-state index in [9.17, 15) is 13.2 Å². The van der Waals surface area contributed by atoms with Crippen molar-refractivity contribution in [1.29, 1.82) is 0 Å². The average molecular weight is 250 g/mol. The summed E-state index contributed by atoms with van der Waals surface area (Å²) in [6.45, 7) is 0. The van der Waals surface area contributed by atoms with Gasteiger partial charge in [-0.3, -0.25) is 10.6 Å². The molecule has 0 amide bonds. The van der Waals surface area contributed by atoms with Crippen LogP contribution in [0.2, 0.25) is 0 Å². The first-order valence-electron chi connectivity index (χ1n) is 4.79. The van der Waals surface area contributed by atoms with Gasteiger partial charge >= 0.3 is 0 Å². The predicted octanol–water partition coefficient (Wildman–Crippen LogP) is 0.804. The molecule has 0 saturated carbocycles. The number of sulfonamides is 1. The molecule has 0 bridgehead atoms. The zero-order valence-corrected chi connectivity index (χ0v) is 9.57. The quantitative estimate of drug-likeness (QED) is 0.479. The number of hydrogen-bond donors (Lipinski definition) is 2. The van der Waals surface area contributed by atoms with Crippen molar-refractivity contribution in [2.75, 3.05) is 0 Å². The van der Waals surface area contributed by atoms with Gasteiger partial charge in [-0.05, 0) is 11.5 Å². The molecular weight excluding hydrogens is 240 g/mol. The average Bonchev–Trinajstić information content (AvgIpc) is 2.37. The third-order valence-electron chi connectivity index (χ3n) is 2.46. The Morgan fingerprint density at radius 2 is 1.82 bits per heavy atom. The van der Waals surface area contributed by atoms with Crippen molar-refractivity contribution in [3.05, 3.63) is 42.0 Å². The second-order valence-electron chi connectivity index (χ2n) is 3.44. The van der Waals surface area contributed by atoms with Gasteiger partial charge in [0.1, 0.15) is 4.90 Å². The monoisotopic (exact) mass is 250 g/mol. The minimum atomic E-state index is -3.87. The van der Waals surface area contributed by atoms with Crippen LogP contribution in [0, 0.1) is 0 Å². The second kappa shape index (κ2) is 4.25. The molecule has 88 valence electrons. The van der Waals surface area contributed by atoms with Gasteiger partial charge < -0.3 is 0 Å². The molecule has 0 fully saturated rings. The van der Waals surface area contributed by atoms with E-state index < -0.39 is 10.0 Å². The lowest BCUT2D eigenvalue weighted by molar-refractivity contribution is 0.112. The van der Waals surface area contributed by atoms with Crippen LogP contribution in [0.3, 0.4) is 0 Å². The van der Waals surface area contributed by atoms with Gasteiger partial charge in [-0.1, -0.05) is 30.3 Å². The third-order valence-corrected chi connectivity index (χ3v) is 3.76. The Kier molecular flexibility index (Phi) is 2.93. The normalized spacial score (nSPS) is 11.6. The van der Waals surface area contributed by atoms with E-state index in [-0.39, 0.29) is 10.5 Å². The van der Waals surface area contributed by atoms with Crippen LogP contribution in [0.5, 0.6) is 0 Å². The summed E-state index contributed by atoms with van der Waals surface area (Å²) in [5.41, 5.74) is 0.0849. The zero-order valence-electron chi connectivity index (χ0n) is 8.75. The SMILES string of the molecule is NNS(=O)(=O)c1c(C=O)ccc2ccccc12. The fraction of sp³-hybridized carbons (Fsp3) is 0. The smallest absolute Gasteiger partial charge is 0.254 e. The Morgan fingerprint density at radius 1 is 1.12 bits per heavy atom. The van der Waals surface area contributed by atoms with Gasteiger partial charge in [-0.2, -0.15) is 4.83 Å². The molecule has 0 radical (unpaired) electrons. The first kappa shape index (κ1) is 11.7. The highest BCUT2D eigenvalue weighted by atomic mass is 32.2. The van der Waals surface area contributed by atoms with Gasteiger partial charge in [0.2, 0.25) is 0 Å². The highest BCUT2D eigenvalue weighted by Crippen LogP contribution is 2.25. The molecule has 0 spiro atoms. The zero-order chi connectivity index (χ0) is 12.5. The molecule has 6 heteroatoms. The van der Waals surface area contributed by atoms with E-state index in [0.717, 1.165) is 5.39 Å². The second-order valence-corrected chi connectivity index (χ2v) is 5.10. The van der Waals surface area contributed by atoms with E-state index in [2.05, 4.69) is 0 Å². The number of nitrogens with one attached hydrogen (secondary N) is 1. The third kappa shape index (κ3) is 1.93. The first-order chi connectivity index (χ1) is 8.10. The minimum absolute atomic E-state index is 0.0849. The molecule has 3 N–H and O–H groups in total. The molecule has 2 rings (SSSR count). The van der Waals surface area contributed by atoms with E-state index in [1.165, 1.54) is 6.07 Å². The van der Waals surface area contributed by atoms with Gasteiger partial charge in [-0.25, -0.2) is 8.42 Å². The topological polar surface area (TPSA) is 89.3 Å². The fourth-order valence-corrected chi connectivity index (χ4v) is 2.73. The number of fused-ring (bicyclic) bond motifs is 1. The van der Waals surface area contributed by atoms with Crippen LogP contribution in [0.15, 0.2) is 41.3 Å². The molecular formula is C11H10N2O3S. The van der Waals surface area contributed by atoms with Crippen molar-refractivity contribution in [2.24, 2.45) is 5.84 Å². The van der Waals surface area contributed by atoms with Gasteiger partial charge in [-0.15, -0.1) is 0 Å². The Labute approximate surface area is 98.3 Å². The fourth-order valence-electron chi connectivity index (χ4n) is 1.71. The van der Waals surface area contributed by atoms with Crippen molar-refractivity contribution in [3.8, 4) is 0 Å². The van der Waals surface area contributed by atoms with Gasteiger partial charge in [0.05, 0.1) is 0 Å². The number of nitrogens with two attached hydrogens (primary N) is 1. The van der Waals surface area contributed by atoms with Crippen molar-refractivity contribution in [3.63, 3.8) is 0 Å². The maximum absolute atomic E-state index is 11.8. The lowest BCUT2D eigenvalue weighted by Gasteiger charge is -2.09. The largest absolute Gasteiger partial charge is 0.298 e. The maximum atomic E-state index is 11.8. The molecule has 0 unspecified atom stereocenters.